The van der Waals surface area contributed by atoms with E-state index in [1.807, 2.05) is 24.3 Å². The Morgan fingerprint density at radius 3 is 2.26 bits per heavy atom. The van der Waals surface area contributed by atoms with Gasteiger partial charge in [0, 0.05) is 20.1 Å². The van der Waals surface area contributed by atoms with Gasteiger partial charge in [-0.3, -0.25) is 4.99 Å². The number of benzene rings is 1. The van der Waals surface area contributed by atoms with Crippen LogP contribution in [0.3, 0.4) is 0 Å². The average Bonchev–Trinajstić information content (AvgIpc) is 2.50. The second-order valence-corrected chi connectivity index (χ2v) is 8.99. The van der Waals surface area contributed by atoms with E-state index in [9.17, 15) is 8.42 Å². The standard InChI is InChI=1S/C16H27N3O3S/c1-16(2,3)23(20,21)11-10-18-15(17-4)19-12-13-6-8-14(22-5)9-7-13/h6-9H,10-12H2,1-5H3,(H2,17,18,19). The highest BCUT2D eigenvalue weighted by molar-refractivity contribution is 7.92. The summed E-state index contributed by atoms with van der Waals surface area (Å²) in [5.74, 6) is 1.45. The number of methoxy groups -OCH3 is 1. The summed E-state index contributed by atoms with van der Waals surface area (Å²) in [6.07, 6.45) is 0. The molecule has 130 valence electrons. The topological polar surface area (TPSA) is 79.8 Å². The van der Waals surface area contributed by atoms with Crippen LogP contribution in [0.5, 0.6) is 5.75 Å². The Kier molecular flexibility index (Phi) is 6.87. The first-order valence-corrected chi connectivity index (χ1v) is 9.14. The summed E-state index contributed by atoms with van der Waals surface area (Å²) in [4.78, 5) is 4.09. The van der Waals surface area contributed by atoms with Crippen molar-refractivity contribution in [3.8, 4) is 5.75 Å². The Balaban J connectivity index is 2.46. The van der Waals surface area contributed by atoms with Gasteiger partial charge in [0.15, 0.2) is 15.8 Å². The molecule has 0 unspecified atom stereocenters. The molecule has 0 heterocycles. The summed E-state index contributed by atoms with van der Waals surface area (Å²) < 4.78 is 28.5. The molecule has 1 rings (SSSR count). The molecule has 0 aliphatic heterocycles. The number of hydrogen-bond donors (Lipinski definition) is 2. The number of guanidine groups is 1. The largest absolute Gasteiger partial charge is 0.497 e. The lowest BCUT2D eigenvalue weighted by atomic mass is 10.2. The molecule has 6 nitrogen and oxygen atoms in total. The maximum atomic E-state index is 12.0. The molecule has 0 saturated carbocycles. The third-order valence-corrected chi connectivity index (χ3v) is 6.05. The Bertz CT molecular complexity index is 617. The molecule has 7 heteroatoms. The zero-order chi connectivity index (χ0) is 17.5. The predicted octanol–water partition coefficient (Wildman–Crippen LogP) is 1.57. The van der Waals surface area contributed by atoms with Crippen molar-refractivity contribution in [2.24, 2.45) is 4.99 Å². The van der Waals surface area contributed by atoms with Gasteiger partial charge in [-0.2, -0.15) is 0 Å². The van der Waals surface area contributed by atoms with Crippen LogP contribution in [-0.2, 0) is 16.4 Å². The molecule has 2 N–H and O–H groups in total. The predicted molar refractivity (Wildman–Crippen MR) is 94.7 cm³/mol. The van der Waals surface area contributed by atoms with E-state index in [0.29, 0.717) is 19.0 Å². The maximum Gasteiger partial charge on any atom is 0.191 e. The lowest BCUT2D eigenvalue weighted by Crippen LogP contribution is -2.41. The Morgan fingerprint density at radius 1 is 1.17 bits per heavy atom. The van der Waals surface area contributed by atoms with Gasteiger partial charge in [0.1, 0.15) is 5.75 Å². The van der Waals surface area contributed by atoms with Gasteiger partial charge in [-0.25, -0.2) is 8.42 Å². The number of hydrogen-bond acceptors (Lipinski definition) is 4. The average molecular weight is 341 g/mol. The number of nitrogens with zero attached hydrogens (tertiary/aromatic N) is 1. The molecule has 23 heavy (non-hydrogen) atoms. The fourth-order valence-corrected chi connectivity index (χ4v) is 2.74. The Labute approximate surface area is 139 Å². The number of ether oxygens (including phenoxy) is 1. The van der Waals surface area contributed by atoms with E-state index in [0.717, 1.165) is 11.3 Å². The fourth-order valence-electron chi connectivity index (χ4n) is 1.76. The van der Waals surface area contributed by atoms with E-state index < -0.39 is 14.6 Å². The highest BCUT2D eigenvalue weighted by atomic mass is 32.2. The molecule has 0 amide bonds. The Morgan fingerprint density at radius 2 is 1.78 bits per heavy atom. The summed E-state index contributed by atoms with van der Waals surface area (Å²) >= 11 is 0. The van der Waals surface area contributed by atoms with Crippen molar-refractivity contribution in [2.75, 3.05) is 26.5 Å². The molecule has 0 aromatic heterocycles. The fraction of sp³-hybridized carbons (Fsp3) is 0.562. The van der Waals surface area contributed by atoms with Crippen LogP contribution in [0.25, 0.3) is 0 Å². The number of sulfone groups is 1. The van der Waals surface area contributed by atoms with Crippen LogP contribution in [0.1, 0.15) is 26.3 Å². The van der Waals surface area contributed by atoms with Crippen molar-refractivity contribution < 1.29 is 13.2 Å². The van der Waals surface area contributed by atoms with Crippen LogP contribution in [0.15, 0.2) is 29.3 Å². The van der Waals surface area contributed by atoms with Crippen LogP contribution >= 0.6 is 0 Å². The summed E-state index contributed by atoms with van der Waals surface area (Å²) in [5, 5.41) is 6.18. The minimum atomic E-state index is -3.14. The first-order valence-electron chi connectivity index (χ1n) is 7.49. The lowest BCUT2D eigenvalue weighted by molar-refractivity contribution is 0.414. The molecule has 1 aromatic rings. The molecule has 0 fully saturated rings. The zero-order valence-electron chi connectivity index (χ0n) is 14.5. The minimum absolute atomic E-state index is 0.0692. The highest BCUT2D eigenvalue weighted by Gasteiger charge is 2.28. The smallest absolute Gasteiger partial charge is 0.191 e. The van der Waals surface area contributed by atoms with Crippen molar-refractivity contribution in [1.29, 1.82) is 0 Å². The van der Waals surface area contributed by atoms with Crippen molar-refractivity contribution >= 4 is 15.8 Å². The zero-order valence-corrected chi connectivity index (χ0v) is 15.3. The van der Waals surface area contributed by atoms with Gasteiger partial charge < -0.3 is 15.4 Å². The minimum Gasteiger partial charge on any atom is -0.497 e. The summed E-state index contributed by atoms with van der Waals surface area (Å²) in [6.45, 7) is 6.04. The molecule has 0 bridgehead atoms. The lowest BCUT2D eigenvalue weighted by Gasteiger charge is -2.19. The van der Waals surface area contributed by atoms with Gasteiger partial charge in [-0.1, -0.05) is 12.1 Å². The summed E-state index contributed by atoms with van der Waals surface area (Å²) in [7, 11) is 0.148. The van der Waals surface area contributed by atoms with Crippen LogP contribution in [0.2, 0.25) is 0 Å². The molecule has 0 saturated heterocycles. The molecule has 0 aliphatic rings. The molecular weight excluding hydrogens is 314 g/mol. The van der Waals surface area contributed by atoms with E-state index in [-0.39, 0.29) is 5.75 Å². The van der Waals surface area contributed by atoms with Crippen LogP contribution < -0.4 is 15.4 Å². The van der Waals surface area contributed by atoms with Gasteiger partial charge in [-0.15, -0.1) is 0 Å². The van der Waals surface area contributed by atoms with E-state index in [4.69, 9.17) is 4.74 Å². The van der Waals surface area contributed by atoms with Gasteiger partial charge in [0.2, 0.25) is 0 Å². The third-order valence-electron chi connectivity index (χ3n) is 3.44. The van der Waals surface area contributed by atoms with E-state index >= 15 is 0 Å². The normalized spacial score (nSPS) is 12.8. The maximum absolute atomic E-state index is 12.0. The molecule has 0 spiro atoms. The number of aliphatic imine (C=N–C) groups is 1. The van der Waals surface area contributed by atoms with Gasteiger partial charge in [0.05, 0.1) is 17.6 Å². The van der Waals surface area contributed by atoms with Crippen molar-refractivity contribution in [1.82, 2.24) is 10.6 Å². The Hall–Kier alpha value is -1.76. The first-order chi connectivity index (χ1) is 10.7. The van der Waals surface area contributed by atoms with Crippen LogP contribution in [-0.4, -0.2) is 45.6 Å². The second-order valence-electron chi connectivity index (χ2n) is 6.13. The van der Waals surface area contributed by atoms with Crippen molar-refractivity contribution in [3.63, 3.8) is 0 Å². The van der Waals surface area contributed by atoms with Gasteiger partial charge in [-0.05, 0) is 38.5 Å². The van der Waals surface area contributed by atoms with E-state index in [2.05, 4.69) is 15.6 Å². The highest BCUT2D eigenvalue weighted by Crippen LogP contribution is 2.15. The molecule has 0 atom stereocenters. The molecular formula is C16H27N3O3S. The molecule has 0 radical (unpaired) electrons. The van der Waals surface area contributed by atoms with Gasteiger partial charge >= 0.3 is 0 Å². The molecule has 0 aliphatic carbocycles. The number of nitrogens with one attached hydrogen (secondary N) is 2. The quantitative estimate of drug-likeness (QED) is 0.606. The van der Waals surface area contributed by atoms with E-state index in [1.54, 1.807) is 34.9 Å². The monoisotopic (exact) mass is 341 g/mol. The van der Waals surface area contributed by atoms with Gasteiger partial charge in [0.25, 0.3) is 0 Å². The van der Waals surface area contributed by atoms with Crippen molar-refractivity contribution in [2.45, 2.75) is 32.1 Å². The molecule has 1 aromatic carbocycles. The summed E-state index contributed by atoms with van der Waals surface area (Å²) in [6, 6.07) is 7.71. The number of rotatable bonds is 6. The first kappa shape index (κ1) is 19.3. The SMILES string of the molecule is CN=C(NCCS(=O)(=O)C(C)(C)C)NCc1ccc(OC)cc1. The summed E-state index contributed by atoms with van der Waals surface area (Å²) in [5.41, 5.74) is 1.08. The second kappa shape index (κ2) is 8.19. The van der Waals surface area contributed by atoms with Crippen LogP contribution in [0, 0.1) is 0 Å². The third kappa shape index (κ3) is 6.09. The van der Waals surface area contributed by atoms with Crippen LogP contribution in [0.4, 0.5) is 0 Å². The van der Waals surface area contributed by atoms with Crippen molar-refractivity contribution in [3.05, 3.63) is 29.8 Å². The van der Waals surface area contributed by atoms with E-state index in [1.165, 1.54) is 0 Å².